The molecule has 138 valence electrons. The number of carbonyl (C=O) groups is 1. The molecule has 0 spiro atoms. The first-order valence-electron chi connectivity index (χ1n) is 8.54. The highest BCUT2D eigenvalue weighted by Gasteiger charge is 2.22. The van der Waals surface area contributed by atoms with Crippen molar-refractivity contribution in [2.24, 2.45) is 5.14 Å². The van der Waals surface area contributed by atoms with Crippen LogP contribution in [0.2, 0.25) is 0 Å². The van der Waals surface area contributed by atoms with Gasteiger partial charge in [0.1, 0.15) is 5.75 Å². The molecule has 0 unspecified atom stereocenters. The highest BCUT2D eigenvalue weighted by Crippen LogP contribution is 2.22. The number of nitrogens with two attached hydrogens (primary N) is 1. The van der Waals surface area contributed by atoms with Crippen LogP contribution in [-0.2, 0) is 27.8 Å². The first-order chi connectivity index (χ1) is 12.4. The Morgan fingerprint density at radius 3 is 2.62 bits per heavy atom. The molecular formula is C19H22N2O4S. The molecule has 0 radical (unpaired) electrons. The Balaban J connectivity index is 1.53. The number of primary sulfonamides is 1. The van der Waals surface area contributed by atoms with Crippen LogP contribution in [0, 0.1) is 0 Å². The maximum Gasteiger partial charge on any atom is 0.238 e. The van der Waals surface area contributed by atoms with Crippen molar-refractivity contribution in [1.29, 1.82) is 0 Å². The van der Waals surface area contributed by atoms with Gasteiger partial charge >= 0.3 is 0 Å². The third-order valence-electron chi connectivity index (χ3n) is 4.42. The fraction of sp³-hybridized carbons (Fsp3) is 0.316. The number of fused-ring (bicyclic) bond motifs is 1. The van der Waals surface area contributed by atoms with Crippen molar-refractivity contribution >= 4 is 15.9 Å². The summed E-state index contributed by atoms with van der Waals surface area (Å²) in [5.74, 6) is 0.843. The lowest BCUT2D eigenvalue weighted by molar-refractivity contribution is -0.132. The first-order valence-corrected chi connectivity index (χ1v) is 10.1. The van der Waals surface area contributed by atoms with Crippen LogP contribution in [0.15, 0.2) is 53.4 Å². The van der Waals surface area contributed by atoms with Crippen molar-refractivity contribution in [2.75, 3.05) is 13.2 Å². The van der Waals surface area contributed by atoms with Crippen LogP contribution < -0.4 is 9.88 Å². The van der Waals surface area contributed by atoms with E-state index in [-0.39, 0.29) is 10.8 Å². The molecule has 0 aliphatic carbocycles. The lowest BCUT2D eigenvalue weighted by Gasteiger charge is -2.29. The second kappa shape index (κ2) is 7.88. The van der Waals surface area contributed by atoms with Gasteiger partial charge in [-0.15, -0.1) is 0 Å². The number of sulfonamides is 1. The van der Waals surface area contributed by atoms with Gasteiger partial charge in [-0.2, -0.15) is 0 Å². The minimum absolute atomic E-state index is 0.0494. The third-order valence-corrected chi connectivity index (χ3v) is 5.33. The Bertz CT molecular complexity index is 882. The summed E-state index contributed by atoms with van der Waals surface area (Å²) < 4.78 is 28.6. The molecule has 0 saturated heterocycles. The van der Waals surface area contributed by atoms with Gasteiger partial charge in [0.15, 0.2) is 0 Å². The molecule has 1 aliphatic heterocycles. The Morgan fingerprint density at radius 1 is 1.12 bits per heavy atom. The molecule has 2 aromatic carbocycles. The number of benzene rings is 2. The van der Waals surface area contributed by atoms with Crippen LogP contribution >= 0.6 is 0 Å². The van der Waals surface area contributed by atoms with Gasteiger partial charge in [-0.25, -0.2) is 13.6 Å². The molecule has 3 rings (SSSR count). The van der Waals surface area contributed by atoms with Gasteiger partial charge in [0.05, 0.1) is 11.5 Å². The second-order valence-electron chi connectivity index (χ2n) is 6.31. The summed E-state index contributed by atoms with van der Waals surface area (Å²) >= 11 is 0. The topological polar surface area (TPSA) is 89.7 Å². The van der Waals surface area contributed by atoms with E-state index in [1.54, 1.807) is 17.0 Å². The van der Waals surface area contributed by atoms with Crippen molar-refractivity contribution in [3.8, 4) is 5.75 Å². The van der Waals surface area contributed by atoms with Crippen molar-refractivity contribution < 1.29 is 17.9 Å². The van der Waals surface area contributed by atoms with E-state index >= 15 is 0 Å². The van der Waals surface area contributed by atoms with Gasteiger partial charge in [0.25, 0.3) is 0 Å². The zero-order chi connectivity index (χ0) is 18.6. The molecule has 2 aromatic rings. The summed E-state index contributed by atoms with van der Waals surface area (Å²) in [6.45, 7) is 1.53. The molecule has 0 atom stereocenters. The quantitative estimate of drug-likeness (QED) is 0.784. The van der Waals surface area contributed by atoms with Crippen molar-refractivity contribution in [1.82, 2.24) is 4.90 Å². The predicted molar refractivity (Wildman–Crippen MR) is 98.1 cm³/mol. The van der Waals surface area contributed by atoms with E-state index in [0.717, 1.165) is 16.9 Å². The normalized spacial score (nSPS) is 14.0. The van der Waals surface area contributed by atoms with Crippen LogP contribution in [0.25, 0.3) is 0 Å². The minimum atomic E-state index is -3.74. The van der Waals surface area contributed by atoms with Crippen LogP contribution in [0.1, 0.15) is 24.0 Å². The molecule has 1 heterocycles. The van der Waals surface area contributed by atoms with E-state index in [9.17, 15) is 13.2 Å². The maximum atomic E-state index is 12.4. The van der Waals surface area contributed by atoms with Gasteiger partial charge in [-0.3, -0.25) is 4.79 Å². The molecule has 1 aliphatic rings. The maximum absolute atomic E-state index is 12.4. The summed E-state index contributed by atoms with van der Waals surface area (Å²) in [4.78, 5) is 14.3. The van der Waals surface area contributed by atoms with E-state index < -0.39 is 10.0 Å². The number of hydrogen-bond acceptors (Lipinski definition) is 4. The monoisotopic (exact) mass is 374 g/mol. The molecule has 0 saturated carbocycles. The second-order valence-corrected chi connectivity index (χ2v) is 7.87. The SMILES string of the molecule is NS(=O)(=O)c1ccc2c(c1)CN(C(=O)CCCOc1ccccc1)CC2. The Hall–Kier alpha value is -2.38. The lowest BCUT2D eigenvalue weighted by Crippen LogP contribution is -2.36. The molecule has 1 amide bonds. The highest BCUT2D eigenvalue weighted by atomic mass is 32.2. The Kier molecular flexibility index (Phi) is 5.58. The molecule has 0 fully saturated rings. The smallest absolute Gasteiger partial charge is 0.238 e. The number of amides is 1. The van der Waals surface area contributed by atoms with Crippen molar-refractivity contribution in [2.45, 2.75) is 30.7 Å². The molecule has 7 heteroatoms. The van der Waals surface area contributed by atoms with E-state index in [1.807, 2.05) is 30.3 Å². The highest BCUT2D eigenvalue weighted by molar-refractivity contribution is 7.89. The summed E-state index contributed by atoms with van der Waals surface area (Å²) in [6, 6.07) is 14.4. The minimum Gasteiger partial charge on any atom is -0.494 e. The Morgan fingerprint density at radius 2 is 1.88 bits per heavy atom. The van der Waals surface area contributed by atoms with Gasteiger partial charge in [-0.05, 0) is 48.2 Å². The standard InChI is InChI=1S/C19H22N2O4S/c20-26(23,24)18-9-8-15-10-11-21(14-16(15)13-18)19(22)7-4-12-25-17-5-2-1-3-6-17/h1-3,5-6,8-9,13H,4,7,10-12,14H2,(H2,20,23,24). The molecule has 26 heavy (non-hydrogen) atoms. The number of rotatable bonds is 6. The van der Waals surface area contributed by atoms with Crippen molar-refractivity contribution in [3.63, 3.8) is 0 Å². The van der Waals surface area contributed by atoms with Gasteiger partial charge < -0.3 is 9.64 Å². The van der Waals surface area contributed by atoms with E-state index in [2.05, 4.69) is 0 Å². The fourth-order valence-corrected chi connectivity index (χ4v) is 3.58. The summed E-state index contributed by atoms with van der Waals surface area (Å²) in [6.07, 6.45) is 1.75. The summed E-state index contributed by atoms with van der Waals surface area (Å²) in [7, 11) is -3.74. The molecular weight excluding hydrogens is 352 g/mol. The number of ether oxygens (including phenoxy) is 1. The van der Waals surface area contributed by atoms with Crippen LogP contribution in [0.4, 0.5) is 0 Å². The number of hydrogen-bond donors (Lipinski definition) is 1. The fourth-order valence-electron chi connectivity index (χ4n) is 3.01. The molecule has 2 N–H and O–H groups in total. The zero-order valence-corrected chi connectivity index (χ0v) is 15.2. The first kappa shape index (κ1) is 18.4. The number of nitrogens with zero attached hydrogens (tertiary/aromatic N) is 1. The van der Waals surface area contributed by atoms with E-state index in [0.29, 0.717) is 39.0 Å². The molecule has 0 bridgehead atoms. The van der Waals surface area contributed by atoms with Crippen LogP contribution in [0.5, 0.6) is 5.75 Å². The Labute approximate surface area is 153 Å². The lowest BCUT2D eigenvalue weighted by atomic mass is 9.99. The van der Waals surface area contributed by atoms with E-state index in [1.165, 1.54) is 6.07 Å². The average Bonchev–Trinajstić information content (AvgIpc) is 2.64. The number of para-hydroxylation sites is 1. The van der Waals surface area contributed by atoms with Crippen LogP contribution in [0.3, 0.4) is 0 Å². The summed E-state index contributed by atoms with van der Waals surface area (Å²) in [5, 5.41) is 5.19. The van der Waals surface area contributed by atoms with Crippen molar-refractivity contribution in [3.05, 3.63) is 59.7 Å². The third kappa shape index (κ3) is 4.62. The summed E-state index contributed by atoms with van der Waals surface area (Å²) in [5.41, 5.74) is 1.91. The van der Waals surface area contributed by atoms with Gasteiger partial charge in [0, 0.05) is 19.5 Å². The largest absolute Gasteiger partial charge is 0.494 e. The number of carbonyl (C=O) groups excluding carboxylic acids is 1. The average molecular weight is 374 g/mol. The zero-order valence-electron chi connectivity index (χ0n) is 14.4. The molecule has 6 nitrogen and oxygen atoms in total. The van der Waals surface area contributed by atoms with Crippen LogP contribution in [-0.4, -0.2) is 32.4 Å². The van der Waals surface area contributed by atoms with Gasteiger partial charge in [-0.1, -0.05) is 24.3 Å². The van der Waals surface area contributed by atoms with Gasteiger partial charge in [0.2, 0.25) is 15.9 Å². The predicted octanol–water partition coefficient (Wildman–Crippen LogP) is 2.08. The molecule has 0 aromatic heterocycles. The van der Waals surface area contributed by atoms with E-state index in [4.69, 9.17) is 9.88 Å².